The number of ether oxygens (including phenoxy) is 2. The van der Waals surface area contributed by atoms with Crippen molar-refractivity contribution in [2.45, 2.75) is 13.0 Å². The number of aromatic nitrogens is 1. The van der Waals surface area contributed by atoms with E-state index < -0.39 is 0 Å². The summed E-state index contributed by atoms with van der Waals surface area (Å²) in [5.41, 5.74) is 2.45. The van der Waals surface area contributed by atoms with E-state index in [0.717, 1.165) is 31.9 Å². The van der Waals surface area contributed by atoms with E-state index in [9.17, 15) is 0 Å². The highest BCUT2D eigenvalue weighted by atomic mass is 16.5. The molecule has 0 aliphatic rings. The van der Waals surface area contributed by atoms with Gasteiger partial charge in [0.25, 0.3) is 0 Å². The van der Waals surface area contributed by atoms with Gasteiger partial charge in [-0.3, -0.25) is 4.98 Å². The molecule has 1 N–H and O–H groups in total. The monoisotopic (exact) mass is 286 g/mol. The van der Waals surface area contributed by atoms with Gasteiger partial charge in [0.2, 0.25) is 0 Å². The van der Waals surface area contributed by atoms with Crippen LogP contribution < -0.4 is 10.1 Å². The maximum Gasteiger partial charge on any atom is 0.119 e. The maximum absolute atomic E-state index is 5.81. The summed E-state index contributed by atoms with van der Waals surface area (Å²) in [6.45, 7) is 3.07. The van der Waals surface area contributed by atoms with Crippen LogP contribution in [0, 0.1) is 0 Å². The number of pyridine rings is 1. The first-order chi connectivity index (χ1) is 10.4. The molecule has 4 nitrogen and oxygen atoms in total. The third-order valence-corrected chi connectivity index (χ3v) is 3.12. The van der Waals surface area contributed by atoms with Crippen molar-refractivity contribution >= 4 is 0 Å². The van der Waals surface area contributed by atoms with Crippen molar-refractivity contribution < 1.29 is 9.47 Å². The average Bonchev–Trinajstić information content (AvgIpc) is 2.53. The number of benzene rings is 1. The van der Waals surface area contributed by atoms with Crippen LogP contribution in [0.4, 0.5) is 0 Å². The smallest absolute Gasteiger partial charge is 0.119 e. The molecule has 1 aromatic carbocycles. The highest BCUT2D eigenvalue weighted by molar-refractivity contribution is 5.28. The molecule has 21 heavy (non-hydrogen) atoms. The molecule has 0 saturated heterocycles. The second kappa shape index (κ2) is 9.10. The third kappa shape index (κ3) is 5.94. The predicted molar refractivity (Wildman–Crippen MR) is 83.5 cm³/mol. The van der Waals surface area contributed by atoms with Gasteiger partial charge in [0.1, 0.15) is 5.75 Å². The minimum absolute atomic E-state index is 0.671. The molecule has 1 aromatic heterocycles. The van der Waals surface area contributed by atoms with Crippen LogP contribution in [-0.4, -0.2) is 31.9 Å². The summed E-state index contributed by atoms with van der Waals surface area (Å²) in [5, 5.41) is 3.32. The fourth-order valence-corrected chi connectivity index (χ4v) is 1.99. The molecule has 0 radical (unpaired) electrons. The Morgan fingerprint density at radius 2 is 1.90 bits per heavy atom. The summed E-state index contributed by atoms with van der Waals surface area (Å²) in [4.78, 5) is 4.01. The molecule has 0 saturated carbocycles. The van der Waals surface area contributed by atoms with Gasteiger partial charge in [-0.05, 0) is 35.4 Å². The SMILES string of the molecule is COCCNCc1cccc(OCCc2ccncc2)c1. The zero-order valence-corrected chi connectivity index (χ0v) is 12.4. The van der Waals surface area contributed by atoms with Crippen molar-refractivity contribution in [2.75, 3.05) is 26.9 Å². The predicted octanol–water partition coefficient (Wildman–Crippen LogP) is 2.44. The van der Waals surface area contributed by atoms with Crippen LogP contribution in [-0.2, 0) is 17.7 Å². The molecule has 1 heterocycles. The van der Waals surface area contributed by atoms with Crippen LogP contribution in [0.1, 0.15) is 11.1 Å². The highest BCUT2D eigenvalue weighted by Gasteiger charge is 1.98. The van der Waals surface area contributed by atoms with Gasteiger partial charge in [-0.25, -0.2) is 0 Å². The van der Waals surface area contributed by atoms with Gasteiger partial charge in [-0.1, -0.05) is 12.1 Å². The Bertz CT molecular complexity index is 517. The van der Waals surface area contributed by atoms with Crippen LogP contribution in [0.25, 0.3) is 0 Å². The van der Waals surface area contributed by atoms with Crippen LogP contribution in [0.5, 0.6) is 5.75 Å². The lowest BCUT2D eigenvalue weighted by Gasteiger charge is -2.09. The second-order valence-corrected chi connectivity index (χ2v) is 4.77. The van der Waals surface area contributed by atoms with E-state index in [0.29, 0.717) is 6.61 Å². The second-order valence-electron chi connectivity index (χ2n) is 4.77. The minimum atomic E-state index is 0.671. The van der Waals surface area contributed by atoms with Gasteiger partial charge in [0.15, 0.2) is 0 Å². The zero-order chi connectivity index (χ0) is 14.8. The van der Waals surface area contributed by atoms with Crippen LogP contribution >= 0.6 is 0 Å². The molecule has 2 rings (SSSR count). The Kier molecular flexibility index (Phi) is 6.71. The lowest BCUT2D eigenvalue weighted by molar-refractivity contribution is 0.199. The molecule has 2 aromatic rings. The molecule has 0 spiro atoms. The molecule has 112 valence electrons. The van der Waals surface area contributed by atoms with E-state index in [1.165, 1.54) is 11.1 Å². The summed E-state index contributed by atoms with van der Waals surface area (Å²) in [5.74, 6) is 0.912. The van der Waals surface area contributed by atoms with E-state index in [1.807, 2.05) is 36.7 Å². The third-order valence-electron chi connectivity index (χ3n) is 3.12. The molecule has 0 atom stereocenters. The molecule has 0 aliphatic heterocycles. The van der Waals surface area contributed by atoms with Gasteiger partial charge >= 0.3 is 0 Å². The van der Waals surface area contributed by atoms with E-state index >= 15 is 0 Å². The average molecular weight is 286 g/mol. The number of nitrogens with one attached hydrogen (secondary N) is 1. The maximum atomic E-state index is 5.81. The summed E-state index contributed by atoms with van der Waals surface area (Å²) >= 11 is 0. The van der Waals surface area contributed by atoms with Crippen LogP contribution in [0.2, 0.25) is 0 Å². The number of hydrogen-bond donors (Lipinski definition) is 1. The van der Waals surface area contributed by atoms with Crippen molar-refractivity contribution in [2.24, 2.45) is 0 Å². The Balaban J connectivity index is 1.75. The van der Waals surface area contributed by atoms with Gasteiger partial charge in [0.05, 0.1) is 13.2 Å². The molecule has 0 aliphatic carbocycles. The molecule has 4 heteroatoms. The van der Waals surface area contributed by atoms with Gasteiger partial charge in [-0.2, -0.15) is 0 Å². The van der Waals surface area contributed by atoms with Crippen molar-refractivity contribution in [3.8, 4) is 5.75 Å². The zero-order valence-electron chi connectivity index (χ0n) is 12.4. The van der Waals surface area contributed by atoms with E-state index in [2.05, 4.69) is 22.4 Å². The van der Waals surface area contributed by atoms with Crippen molar-refractivity contribution in [3.05, 3.63) is 59.9 Å². The fraction of sp³-hybridized carbons (Fsp3) is 0.353. The van der Waals surface area contributed by atoms with E-state index in [4.69, 9.17) is 9.47 Å². The first-order valence-corrected chi connectivity index (χ1v) is 7.19. The molecule has 0 bridgehead atoms. The standard InChI is InChI=1S/C17H22N2O2/c1-20-12-10-19-14-16-3-2-4-17(13-16)21-11-7-15-5-8-18-9-6-15/h2-6,8-9,13,19H,7,10-12,14H2,1H3. The molecule has 0 fully saturated rings. The highest BCUT2D eigenvalue weighted by Crippen LogP contribution is 2.13. The number of nitrogens with zero attached hydrogens (tertiary/aromatic N) is 1. The summed E-state index contributed by atoms with van der Waals surface area (Å²) < 4.78 is 10.8. The normalized spacial score (nSPS) is 10.5. The lowest BCUT2D eigenvalue weighted by atomic mass is 10.2. The summed E-state index contributed by atoms with van der Waals surface area (Å²) in [7, 11) is 1.71. The van der Waals surface area contributed by atoms with Crippen molar-refractivity contribution in [1.82, 2.24) is 10.3 Å². The van der Waals surface area contributed by atoms with Crippen LogP contribution in [0.3, 0.4) is 0 Å². The van der Waals surface area contributed by atoms with Crippen molar-refractivity contribution in [3.63, 3.8) is 0 Å². The number of hydrogen-bond acceptors (Lipinski definition) is 4. The largest absolute Gasteiger partial charge is 0.493 e. The Morgan fingerprint density at radius 3 is 2.71 bits per heavy atom. The molecular weight excluding hydrogens is 264 g/mol. The Labute approximate surface area is 126 Å². The summed E-state index contributed by atoms with van der Waals surface area (Å²) in [6, 6.07) is 12.2. The first-order valence-electron chi connectivity index (χ1n) is 7.19. The molecule has 0 amide bonds. The lowest BCUT2D eigenvalue weighted by Crippen LogP contribution is -2.18. The van der Waals surface area contributed by atoms with E-state index in [1.54, 1.807) is 7.11 Å². The Morgan fingerprint density at radius 1 is 1.05 bits per heavy atom. The fourth-order valence-electron chi connectivity index (χ4n) is 1.99. The first kappa shape index (κ1) is 15.5. The molecule has 0 unspecified atom stereocenters. The quantitative estimate of drug-likeness (QED) is 0.719. The van der Waals surface area contributed by atoms with Crippen LogP contribution in [0.15, 0.2) is 48.8 Å². The number of methoxy groups -OCH3 is 1. The van der Waals surface area contributed by atoms with E-state index in [-0.39, 0.29) is 0 Å². The van der Waals surface area contributed by atoms with Crippen molar-refractivity contribution in [1.29, 1.82) is 0 Å². The van der Waals surface area contributed by atoms with Gasteiger partial charge < -0.3 is 14.8 Å². The summed E-state index contributed by atoms with van der Waals surface area (Å²) in [6.07, 6.45) is 4.50. The Hall–Kier alpha value is -1.91. The molecular formula is C17H22N2O2. The minimum Gasteiger partial charge on any atom is -0.493 e. The number of rotatable bonds is 9. The topological polar surface area (TPSA) is 43.4 Å². The van der Waals surface area contributed by atoms with Gasteiger partial charge in [-0.15, -0.1) is 0 Å². The van der Waals surface area contributed by atoms with Gasteiger partial charge in [0, 0.05) is 39.0 Å².